The Labute approximate surface area is 195 Å². The zero-order valence-corrected chi connectivity index (χ0v) is 19.0. The summed E-state index contributed by atoms with van der Waals surface area (Å²) in [5.74, 6) is -0.0735. The SMILES string of the molecule is O=C1S/C(=C/c2ccc(OCc3ccc(F)cc3)c(Br)c2)C(=O)N1c1ccc(Cl)cc1. The van der Waals surface area contributed by atoms with Gasteiger partial charge in [0.25, 0.3) is 11.1 Å². The van der Waals surface area contributed by atoms with Crippen LogP contribution in [0.5, 0.6) is 5.75 Å². The summed E-state index contributed by atoms with van der Waals surface area (Å²) < 4.78 is 19.5. The lowest BCUT2D eigenvalue weighted by molar-refractivity contribution is -0.113. The first-order chi connectivity index (χ1) is 14.9. The Kier molecular flexibility index (Phi) is 6.46. The van der Waals surface area contributed by atoms with Crippen LogP contribution in [-0.4, -0.2) is 11.1 Å². The lowest BCUT2D eigenvalue weighted by atomic mass is 10.2. The van der Waals surface area contributed by atoms with Gasteiger partial charge in [-0.05, 0) is 93.4 Å². The number of imide groups is 1. The van der Waals surface area contributed by atoms with Gasteiger partial charge in [-0.25, -0.2) is 9.29 Å². The number of halogens is 3. The number of amides is 2. The largest absolute Gasteiger partial charge is 0.488 e. The maximum absolute atomic E-state index is 13.0. The summed E-state index contributed by atoms with van der Waals surface area (Å²) in [4.78, 5) is 26.6. The molecule has 156 valence electrons. The van der Waals surface area contributed by atoms with Crippen molar-refractivity contribution in [2.45, 2.75) is 6.61 Å². The predicted molar refractivity (Wildman–Crippen MR) is 125 cm³/mol. The van der Waals surface area contributed by atoms with Crippen LogP contribution in [-0.2, 0) is 11.4 Å². The fourth-order valence-electron chi connectivity index (χ4n) is 2.90. The maximum atomic E-state index is 13.0. The number of hydrogen-bond acceptors (Lipinski definition) is 4. The number of anilines is 1. The van der Waals surface area contributed by atoms with Crippen LogP contribution < -0.4 is 9.64 Å². The molecule has 0 aromatic heterocycles. The van der Waals surface area contributed by atoms with E-state index in [2.05, 4.69) is 15.9 Å². The van der Waals surface area contributed by atoms with E-state index in [0.29, 0.717) is 25.8 Å². The van der Waals surface area contributed by atoms with Crippen molar-refractivity contribution in [1.29, 1.82) is 0 Å². The summed E-state index contributed by atoms with van der Waals surface area (Å²) in [5.41, 5.74) is 2.05. The molecule has 1 aliphatic heterocycles. The van der Waals surface area contributed by atoms with E-state index in [-0.39, 0.29) is 23.6 Å². The van der Waals surface area contributed by atoms with E-state index in [1.165, 1.54) is 12.1 Å². The van der Waals surface area contributed by atoms with Gasteiger partial charge in [-0.3, -0.25) is 9.59 Å². The van der Waals surface area contributed by atoms with Crippen LogP contribution in [0.4, 0.5) is 14.9 Å². The average molecular weight is 519 g/mol. The van der Waals surface area contributed by atoms with Crippen LogP contribution in [0.1, 0.15) is 11.1 Å². The molecule has 4 nitrogen and oxygen atoms in total. The molecule has 0 radical (unpaired) electrons. The molecular formula is C23H14BrClFNO3S. The van der Waals surface area contributed by atoms with Crippen LogP contribution in [0.3, 0.4) is 0 Å². The first-order valence-corrected chi connectivity index (χ1v) is 11.1. The molecule has 1 saturated heterocycles. The van der Waals surface area contributed by atoms with E-state index in [1.807, 2.05) is 0 Å². The molecule has 0 bridgehead atoms. The molecule has 0 unspecified atom stereocenters. The Morgan fingerprint density at radius 3 is 2.42 bits per heavy atom. The van der Waals surface area contributed by atoms with E-state index in [4.69, 9.17) is 16.3 Å². The van der Waals surface area contributed by atoms with Crippen molar-refractivity contribution < 1.29 is 18.7 Å². The molecule has 1 fully saturated rings. The van der Waals surface area contributed by atoms with Crippen LogP contribution in [0.15, 0.2) is 76.1 Å². The highest BCUT2D eigenvalue weighted by Crippen LogP contribution is 2.37. The van der Waals surface area contributed by atoms with Gasteiger partial charge in [-0.15, -0.1) is 0 Å². The minimum atomic E-state index is -0.384. The molecule has 0 N–H and O–H groups in total. The molecule has 1 heterocycles. The van der Waals surface area contributed by atoms with Crippen LogP contribution in [0, 0.1) is 5.82 Å². The first kappa shape index (κ1) is 21.6. The fraction of sp³-hybridized carbons (Fsp3) is 0.0435. The summed E-state index contributed by atoms with van der Waals surface area (Å²) in [6, 6.07) is 18.0. The summed E-state index contributed by atoms with van der Waals surface area (Å²) in [5, 5.41) is 0.162. The van der Waals surface area contributed by atoms with E-state index in [1.54, 1.807) is 60.7 Å². The Morgan fingerprint density at radius 1 is 1.03 bits per heavy atom. The highest BCUT2D eigenvalue weighted by molar-refractivity contribution is 9.10. The Hall–Kier alpha value is -2.61. The van der Waals surface area contributed by atoms with Crippen LogP contribution in [0.2, 0.25) is 5.02 Å². The van der Waals surface area contributed by atoms with Gasteiger partial charge < -0.3 is 4.74 Å². The van der Waals surface area contributed by atoms with Gasteiger partial charge in [0.2, 0.25) is 0 Å². The van der Waals surface area contributed by atoms with Gasteiger partial charge in [-0.2, -0.15) is 0 Å². The van der Waals surface area contributed by atoms with Crippen molar-refractivity contribution in [1.82, 2.24) is 0 Å². The fourth-order valence-corrected chi connectivity index (χ4v) is 4.38. The number of benzene rings is 3. The van der Waals surface area contributed by atoms with Crippen LogP contribution in [0.25, 0.3) is 6.08 Å². The molecule has 0 saturated carbocycles. The highest BCUT2D eigenvalue weighted by atomic mass is 79.9. The van der Waals surface area contributed by atoms with Gasteiger partial charge in [-0.1, -0.05) is 29.8 Å². The minimum absolute atomic E-state index is 0.290. The second-order valence-electron chi connectivity index (χ2n) is 6.60. The summed E-state index contributed by atoms with van der Waals surface area (Å²) in [6.45, 7) is 0.290. The smallest absolute Gasteiger partial charge is 0.298 e. The van der Waals surface area contributed by atoms with Crippen molar-refractivity contribution in [2.24, 2.45) is 0 Å². The predicted octanol–water partition coefficient (Wildman–Crippen LogP) is 7.06. The molecule has 0 aliphatic carbocycles. The molecule has 31 heavy (non-hydrogen) atoms. The molecule has 0 atom stereocenters. The molecule has 0 spiro atoms. The normalized spacial score (nSPS) is 15.1. The minimum Gasteiger partial charge on any atom is -0.488 e. The molecule has 2 amide bonds. The third-order valence-corrected chi connectivity index (χ3v) is 6.18. The Bertz CT molecular complexity index is 1180. The maximum Gasteiger partial charge on any atom is 0.298 e. The molecule has 3 aromatic carbocycles. The lowest BCUT2D eigenvalue weighted by Gasteiger charge is -2.12. The van der Waals surface area contributed by atoms with Gasteiger partial charge in [0, 0.05) is 5.02 Å². The number of thioether (sulfide) groups is 1. The number of ether oxygens (including phenoxy) is 1. The van der Waals surface area contributed by atoms with Gasteiger partial charge in [0.1, 0.15) is 18.2 Å². The number of nitrogens with zero attached hydrogens (tertiary/aromatic N) is 1. The van der Waals surface area contributed by atoms with Gasteiger partial charge >= 0.3 is 0 Å². The van der Waals surface area contributed by atoms with Crippen molar-refractivity contribution in [2.75, 3.05) is 4.90 Å². The van der Waals surface area contributed by atoms with E-state index >= 15 is 0 Å². The summed E-state index contributed by atoms with van der Waals surface area (Å²) in [7, 11) is 0. The molecular weight excluding hydrogens is 505 g/mol. The number of hydrogen-bond donors (Lipinski definition) is 0. The second kappa shape index (κ2) is 9.26. The lowest BCUT2D eigenvalue weighted by Crippen LogP contribution is -2.27. The topological polar surface area (TPSA) is 46.6 Å². The molecule has 8 heteroatoms. The molecule has 1 aliphatic rings. The molecule has 3 aromatic rings. The Morgan fingerprint density at radius 2 is 1.74 bits per heavy atom. The summed E-state index contributed by atoms with van der Waals surface area (Å²) >= 11 is 10.2. The third-order valence-electron chi connectivity index (χ3n) is 4.44. The van der Waals surface area contributed by atoms with E-state index < -0.39 is 0 Å². The number of carbonyl (C=O) groups is 2. The third kappa shape index (κ3) is 5.01. The first-order valence-electron chi connectivity index (χ1n) is 9.11. The van der Waals surface area contributed by atoms with Crippen molar-refractivity contribution >= 4 is 62.2 Å². The number of rotatable bonds is 5. The highest BCUT2D eigenvalue weighted by Gasteiger charge is 2.36. The van der Waals surface area contributed by atoms with Crippen molar-refractivity contribution in [3.05, 3.63) is 98.1 Å². The quantitative estimate of drug-likeness (QED) is 0.339. The van der Waals surface area contributed by atoms with Crippen LogP contribution >= 0.6 is 39.3 Å². The van der Waals surface area contributed by atoms with Gasteiger partial charge in [0.15, 0.2) is 0 Å². The second-order valence-corrected chi connectivity index (χ2v) is 8.88. The monoisotopic (exact) mass is 517 g/mol. The van der Waals surface area contributed by atoms with Crippen molar-refractivity contribution in [3.8, 4) is 5.75 Å². The molecule has 4 rings (SSSR count). The van der Waals surface area contributed by atoms with E-state index in [9.17, 15) is 14.0 Å². The number of carbonyl (C=O) groups excluding carboxylic acids is 2. The zero-order chi connectivity index (χ0) is 22.0. The Balaban J connectivity index is 1.49. The average Bonchev–Trinajstić information content (AvgIpc) is 3.02. The zero-order valence-electron chi connectivity index (χ0n) is 15.8. The van der Waals surface area contributed by atoms with E-state index in [0.717, 1.165) is 27.8 Å². The summed E-state index contributed by atoms with van der Waals surface area (Å²) in [6.07, 6.45) is 1.66. The standard InChI is InChI=1S/C23H14BrClFNO3S/c24-19-11-15(3-10-20(19)30-13-14-1-6-17(26)7-2-14)12-21-22(28)27(23(29)31-21)18-8-4-16(25)5-9-18/h1-12H,13H2/b21-12+. The van der Waals surface area contributed by atoms with Gasteiger partial charge in [0.05, 0.1) is 15.1 Å². The van der Waals surface area contributed by atoms with Crippen molar-refractivity contribution in [3.63, 3.8) is 0 Å².